The molecule has 0 bridgehead atoms. The van der Waals surface area contributed by atoms with Crippen LogP contribution in [-0.2, 0) is 0 Å². The lowest BCUT2D eigenvalue weighted by atomic mass is 10.0. The molecule has 1 aliphatic rings. The molecule has 0 amide bonds. The maximum atomic E-state index is 11.9. The first kappa shape index (κ1) is 14.0. The third-order valence-corrected chi connectivity index (χ3v) is 4.06. The monoisotopic (exact) mass is 317 g/mol. The molecule has 1 aromatic rings. The zero-order valence-corrected chi connectivity index (χ0v) is 12.4. The summed E-state index contributed by atoms with van der Waals surface area (Å²) >= 11 is 3.61. The molecule has 98 valence electrons. The van der Waals surface area contributed by atoms with Crippen LogP contribution in [0.2, 0.25) is 0 Å². The van der Waals surface area contributed by atoms with Gasteiger partial charge in [0.05, 0.1) is 4.45 Å². The fourth-order valence-corrected chi connectivity index (χ4v) is 2.10. The summed E-state index contributed by atoms with van der Waals surface area (Å²) in [6, 6.07) is 9.28. The molecule has 0 fully saturated rings. The van der Waals surface area contributed by atoms with Gasteiger partial charge in [-0.3, -0.25) is 4.79 Å². The number of allylic oxidation sites excluding steroid dienone is 4. The van der Waals surface area contributed by atoms with Gasteiger partial charge in [0.2, 0.25) is 0 Å². The molecular formula is C16H16BrNO. The zero-order valence-electron chi connectivity index (χ0n) is 10.8. The summed E-state index contributed by atoms with van der Waals surface area (Å²) in [5.74, 6) is 0.0270. The number of nitrogens with one attached hydrogen (secondary N) is 1. The van der Waals surface area contributed by atoms with Crippen molar-refractivity contribution in [2.24, 2.45) is 0 Å². The van der Waals surface area contributed by atoms with Crippen LogP contribution in [0.4, 0.5) is 0 Å². The van der Waals surface area contributed by atoms with Crippen LogP contribution in [-0.4, -0.2) is 17.3 Å². The Morgan fingerprint density at radius 1 is 1.37 bits per heavy atom. The second-order valence-electron chi connectivity index (χ2n) is 4.42. The molecule has 3 heteroatoms. The van der Waals surface area contributed by atoms with Gasteiger partial charge in [0.1, 0.15) is 0 Å². The first-order valence-corrected chi connectivity index (χ1v) is 6.97. The first-order valence-electron chi connectivity index (χ1n) is 6.18. The van der Waals surface area contributed by atoms with Crippen molar-refractivity contribution in [1.82, 2.24) is 5.32 Å². The Morgan fingerprint density at radius 2 is 2.11 bits per heavy atom. The number of halogens is 1. The molecule has 2 rings (SSSR count). The van der Waals surface area contributed by atoms with Gasteiger partial charge in [-0.25, -0.2) is 0 Å². The SMILES string of the molecule is CNC1(Br)C=CC(C=CC(=O)c2ccccc2)=CC1. The van der Waals surface area contributed by atoms with Gasteiger partial charge in [0, 0.05) is 5.56 Å². The summed E-state index contributed by atoms with van der Waals surface area (Å²) in [5.41, 5.74) is 1.76. The highest BCUT2D eigenvalue weighted by Crippen LogP contribution is 2.26. The van der Waals surface area contributed by atoms with Gasteiger partial charge in [0.15, 0.2) is 5.78 Å². The Hall–Kier alpha value is -1.45. The summed E-state index contributed by atoms with van der Waals surface area (Å²) in [6.07, 6.45) is 10.5. The van der Waals surface area contributed by atoms with Gasteiger partial charge < -0.3 is 5.32 Å². The molecule has 0 spiro atoms. The van der Waals surface area contributed by atoms with Crippen LogP contribution in [0.5, 0.6) is 0 Å². The molecule has 1 aromatic carbocycles. The van der Waals surface area contributed by atoms with E-state index in [-0.39, 0.29) is 10.2 Å². The van der Waals surface area contributed by atoms with Crippen molar-refractivity contribution in [3.05, 3.63) is 71.8 Å². The van der Waals surface area contributed by atoms with E-state index in [2.05, 4.69) is 33.4 Å². The minimum Gasteiger partial charge on any atom is -0.302 e. The topological polar surface area (TPSA) is 29.1 Å². The van der Waals surface area contributed by atoms with Crippen LogP contribution in [0.3, 0.4) is 0 Å². The number of hydrogen-bond donors (Lipinski definition) is 1. The predicted molar refractivity (Wildman–Crippen MR) is 82.5 cm³/mol. The van der Waals surface area contributed by atoms with Crippen LogP contribution in [0.25, 0.3) is 0 Å². The van der Waals surface area contributed by atoms with Gasteiger partial charge in [-0.05, 0) is 25.1 Å². The highest BCUT2D eigenvalue weighted by molar-refractivity contribution is 9.10. The maximum Gasteiger partial charge on any atom is 0.185 e. The van der Waals surface area contributed by atoms with E-state index in [9.17, 15) is 4.79 Å². The Morgan fingerprint density at radius 3 is 2.68 bits per heavy atom. The minimum absolute atomic E-state index is 0.0270. The summed E-state index contributed by atoms with van der Waals surface area (Å²) in [7, 11) is 1.91. The Balaban J connectivity index is 2.02. The molecule has 0 heterocycles. The van der Waals surface area contributed by atoms with E-state index < -0.39 is 0 Å². The van der Waals surface area contributed by atoms with Crippen molar-refractivity contribution in [1.29, 1.82) is 0 Å². The van der Waals surface area contributed by atoms with E-state index >= 15 is 0 Å². The molecule has 19 heavy (non-hydrogen) atoms. The number of alkyl halides is 1. The lowest BCUT2D eigenvalue weighted by molar-refractivity contribution is 0.104. The highest BCUT2D eigenvalue weighted by atomic mass is 79.9. The third kappa shape index (κ3) is 3.75. The molecule has 0 saturated heterocycles. The van der Waals surface area contributed by atoms with E-state index in [0.29, 0.717) is 5.56 Å². The van der Waals surface area contributed by atoms with Crippen LogP contribution in [0.1, 0.15) is 16.8 Å². The van der Waals surface area contributed by atoms with Crippen LogP contribution in [0, 0.1) is 0 Å². The number of likely N-dealkylation sites (N-methyl/N-ethyl adjacent to an activating group) is 1. The standard InChI is InChI=1S/C16H16BrNO/c1-18-16(17)11-9-13(10-12-16)7-8-15(19)14-5-3-2-4-6-14/h2-11,18H,12H2,1H3. The maximum absolute atomic E-state index is 11.9. The van der Waals surface area contributed by atoms with Crippen LogP contribution in [0.15, 0.2) is 66.3 Å². The smallest absolute Gasteiger partial charge is 0.185 e. The fraction of sp³-hybridized carbons (Fsp3) is 0.188. The van der Waals surface area contributed by atoms with E-state index in [4.69, 9.17) is 0 Å². The molecule has 1 N–H and O–H groups in total. The molecule has 0 radical (unpaired) electrons. The van der Waals surface area contributed by atoms with Crippen molar-refractivity contribution in [3.63, 3.8) is 0 Å². The lowest BCUT2D eigenvalue weighted by Gasteiger charge is -2.24. The summed E-state index contributed by atoms with van der Waals surface area (Å²) in [4.78, 5) is 11.9. The Bertz CT molecular complexity index is 545. The highest BCUT2D eigenvalue weighted by Gasteiger charge is 2.21. The van der Waals surface area contributed by atoms with E-state index in [1.807, 2.05) is 49.5 Å². The van der Waals surface area contributed by atoms with E-state index in [0.717, 1.165) is 12.0 Å². The summed E-state index contributed by atoms with van der Waals surface area (Å²) in [5, 5.41) is 3.19. The van der Waals surface area contributed by atoms with E-state index in [1.165, 1.54) is 0 Å². The quantitative estimate of drug-likeness (QED) is 0.398. The van der Waals surface area contributed by atoms with Crippen molar-refractivity contribution in [2.45, 2.75) is 10.9 Å². The summed E-state index contributed by atoms with van der Waals surface area (Å²) in [6.45, 7) is 0. The number of rotatable bonds is 4. The largest absolute Gasteiger partial charge is 0.302 e. The number of carbonyl (C=O) groups is 1. The molecule has 0 aromatic heterocycles. The molecular weight excluding hydrogens is 302 g/mol. The predicted octanol–water partition coefficient (Wildman–Crippen LogP) is 3.62. The van der Waals surface area contributed by atoms with E-state index in [1.54, 1.807) is 6.08 Å². The van der Waals surface area contributed by atoms with Crippen molar-refractivity contribution < 1.29 is 4.79 Å². The van der Waals surface area contributed by atoms with Crippen molar-refractivity contribution in [2.75, 3.05) is 7.05 Å². The van der Waals surface area contributed by atoms with Crippen molar-refractivity contribution in [3.8, 4) is 0 Å². The van der Waals surface area contributed by atoms with Crippen LogP contribution >= 0.6 is 15.9 Å². The second-order valence-corrected chi connectivity index (χ2v) is 5.83. The third-order valence-electron chi connectivity index (χ3n) is 3.08. The normalized spacial score (nSPS) is 22.5. The number of ketones is 1. The zero-order chi connectivity index (χ0) is 13.7. The minimum atomic E-state index is -0.159. The van der Waals surface area contributed by atoms with Gasteiger partial charge in [-0.1, -0.05) is 70.6 Å². The fourth-order valence-electron chi connectivity index (χ4n) is 1.81. The molecule has 2 nitrogen and oxygen atoms in total. The average molecular weight is 318 g/mol. The average Bonchev–Trinajstić information content (AvgIpc) is 2.47. The molecule has 1 unspecified atom stereocenters. The van der Waals surface area contributed by atoms with Gasteiger partial charge >= 0.3 is 0 Å². The molecule has 1 atom stereocenters. The second kappa shape index (κ2) is 6.13. The molecule has 0 saturated carbocycles. The number of benzene rings is 1. The lowest BCUT2D eigenvalue weighted by Crippen LogP contribution is -2.34. The van der Waals surface area contributed by atoms with Gasteiger partial charge in [-0.15, -0.1) is 0 Å². The Labute approximate surface area is 122 Å². The molecule has 1 aliphatic carbocycles. The van der Waals surface area contributed by atoms with Gasteiger partial charge in [0.25, 0.3) is 0 Å². The number of hydrogen-bond acceptors (Lipinski definition) is 2. The Kier molecular flexibility index (Phi) is 4.51. The first-order chi connectivity index (χ1) is 9.13. The van der Waals surface area contributed by atoms with Crippen molar-refractivity contribution >= 4 is 21.7 Å². The number of carbonyl (C=O) groups excluding carboxylic acids is 1. The van der Waals surface area contributed by atoms with Gasteiger partial charge in [-0.2, -0.15) is 0 Å². The summed E-state index contributed by atoms with van der Waals surface area (Å²) < 4.78 is -0.159. The van der Waals surface area contributed by atoms with Crippen LogP contribution < -0.4 is 5.32 Å². The molecule has 0 aliphatic heterocycles.